The summed E-state index contributed by atoms with van der Waals surface area (Å²) in [6.45, 7) is 5.99. The number of hydrogen-bond acceptors (Lipinski definition) is 3. The maximum Gasteiger partial charge on any atom is 0.261 e. The van der Waals surface area contributed by atoms with Crippen molar-refractivity contribution in [1.29, 1.82) is 0 Å². The Bertz CT molecular complexity index is 888. The van der Waals surface area contributed by atoms with Gasteiger partial charge in [0, 0.05) is 33.2 Å². The van der Waals surface area contributed by atoms with Crippen molar-refractivity contribution in [2.45, 2.75) is 39.8 Å². The molecule has 30 heavy (non-hydrogen) atoms. The van der Waals surface area contributed by atoms with Gasteiger partial charge >= 0.3 is 0 Å². The zero-order valence-corrected chi connectivity index (χ0v) is 20.3. The van der Waals surface area contributed by atoms with E-state index in [2.05, 4.69) is 21.2 Å². The minimum Gasteiger partial charge on any atom is -0.484 e. The van der Waals surface area contributed by atoms with Gasteiger partial charge < -0.3 is 15.0 Å². The largest absolute Gasteiger partial charge is 0.484 e. The molecule has 1 atom stereocenters. The third-order valence-electron chi connectivity index (χ3n) is 4.62. The molecule has 0 saturated heterocycles. The van der Waals surface area contributed by atoms with E-state index in [1.807, 2.05) is 32.9 Å². The molecule has 8 heteroatoms. The van der Waals surface area contributed by atoms with E-state index in [0.717, 1.165) is 10.0 Å². The molecule has 0 aliphatic rings. The van der Waals surface area contributed by atoms with Crippen molar-refractivity contribution in [2.75, 3.05) is 13.2 Å². The molecule has 0 aliphatic heterocycles. The first-order chi connectivity index (χ1) is 14.3. The van der Waals surface area contributed by atoms with Crippen LogP contribution in [0, 0.1) is 6.92 Å². The van der Waals surface area contributed by atoms with Gasteiger partial charge in [-0.15, -0.1) is 0 Å². The Morgan fingerprint density at radius 1 is 1.17 bits per heavy atom. The van der Waals surface area contributed by atoms with Crippen molar-refractivity contribution in [1.82, 2.24) is 10.2 Å². The summed E-state index contributed by atoms with van der Waals surface area (Å²) in [5, 5.41) is 3.67. The van der Waals surface area contributed by atoms with Gasteiger partial charge in [-0.3, -0.25) is 9.59 Å². The van der Waals surface area contributed by atoms with E-state index >= 15 is 0 Å². The van der Waals surface area contributed by atoms with Gasteiger partial charge in [0.2, 0.25) is 5.91 Å². The lowest BCUT2D eigenvalue weighted by Crippen LogP contribution is -2.50. The standard InChI is InChI=1S/C22H25BrCl2N2O3/c1-4-20(22(29)26-5-2)27(12-16-18(24)7-6-8-19(16)25)21(28)13-30-15-9-10-17(23)14(3)11-15/h6-11,20H,4-5,12-13H2,1-3H3,(H,26,29)/t20-/m1/s1. The summed E-state index contributed by atoms with van der Waals surface area (Å²) in [6.07, 6.45) is 0.442. The number of aryl methyl sites for hydroxylation is 1. The van der Waals surface area contributed by atoms with Crippen molar-refractivity contribution in [2.24, 2.45) is 0 Å². The zero-order valence-electron chi connectivity index (χ0n) is 17.2. The number of likely N-dealkylation sites (N-methyl/N-ethyl adjacent to an activating group) is 1. The van der Waals surface area contributed by atoms with Crippen LogP contribution in [0.15, 0.2) is 40.9 Å². The molecule has 1 N–H and O–H groups in total. The zero-order chi connectivity index (χ0) is 22.3. The van der Waals surface area contributed by atoms with Crippen molar-refractivity contribution in [3.63, 3.8) is 0 Å². The molecule has 2 rings (SSSR count). The molecule has 0 bridgehead atoms. The van der Waals surface area contributed by atoms with Crippen LogP contribution in [0.4, 0.5) is 0 Å². The second-order valence-electron chi connectivity index (χ2n) is 6.74. The number of nitrogens with one attached hydrogen (secondary N) is 1. The van der Waals surface area contributed by atoms with Gasteiger partial charge in [0.1, 0.15) is 11.8 Å². The minimum atomic E-state index is -0.667. The molecule has 0 heterocycles. The van der Waals surface area contributed by atoms with Gasteiger partial charge in [0.05, 0.1) is 0 Å². The quantitative estimate of drug-likeness (QED) is 0.487. The van der Waals surface area contributed by atoms with Crippen LogP contribution in [0.25, 0.3) is 0 Å². The fourth-order valence-corrected chi connectivity index (χ4v) is 3.76. The first kappa shape index (κ1) is 24.5. The number of ether oxygens (including phenoxy) is 1. The van der Waals surface area contributed by atoms with E-state index in [-0.39, 0.29) is 25.0 Å². The van der Waals surface area contributed by atoms with Crippen molar-refractivity contribution in [3.8, 4) is 5.75 Å². The number of halogens is 3. The predicted molar refractivity (Wildman–Crippen MR) is 124 cm³/mol. The van der Waals surface area contributed by atoms with Crippen molar-refractivity contribution < 1.29 is 14.3 Å². The highest BCUT2D eigenvalue weighted by Crippen LogP contribution is 2.27. The predicted octanol–water partition coefficient (Wildman–Crippen LogP) is 5.39. The van der Waals surface area contributed by atoms with E-state index in [0.29, 0.717) is 34.3 Å². The molecule has 0 saturated carbocycles. The number of rotatable bonds is 9. The van der Waals surface area contributed by atoms with Crippen molar-refractivity contribution >= 4 is 50.9 Å². The molecule has 0 fully saturated rings. The summed E-state index contributed by atoms with van der Waals surface area (Å²) >= 11 is 16.1. The van der Waals surface area contributed by atoms with E-state index in [9.17, 15) is 9.59 Å². The van der Waals surface area contributed by atoms with Crippen LogP contribution in [-0.4, -0.2) is 35.9 Å². The Kier molecular flexibility index (Phi) is 9.46. The van der Waals surface area contributed by atoms with E-state index < -0.39 is 6.04 Å². The second-order valence-corrected chi connectivity index (χ2v) is 8.41. The normalized spacial score (nSPS) is 11.7. The average molecular weight is 516 g/mol. The SMILES string of the molecule is CCNC(=O)[C@@H](CC)N(Cc1c(Cl)cccc1Cl)C(=O)COc1ccc(Br)c(C)c1. The lowest BCUT2D eigenvalue weighted by atomic mass is 10.1. The van der Waals surface area contributed by atoms with Gasteiger partial charge in [0.25, 0.3) is 5.91 Å². The Labute approximate surface area is 195 Å². The highest BCUT2D eigenvalue weighted by molar-refractivity contribution is 9.10. The summed E-state index contributed by atoms with van der Waals surface area (Å²) < 4.78 is 6.66. The average Bonchev–Trinajstić information content (AvgIpc) is 2.70. The molecule has 0 aromatic heterocycles. The van der Waals surface area contributed by atoms with Gasteiger partial charge in [-0.2, -0.15) is 0 Å². The second kappa shape index (κ2) is 11.6. The van der Waals surface area contributed by atoms with Crippen LogP contribution in [0.1, 0.15) is 31.4 Å². The molecule has 0 aliphatic carbocycles. The number of hydrogen-bond donors (Lipinski definition) is 1. The van der Waals surface area contributed by atoms with E-state index in [1.165, 1.54) is 4.90 Å². The molecule has 162 valence electrons. The molecule has 0 unspecified atom stereocenters. The maximum atomic E-state index is 13.1. The first-order valence-electron chi connectivity index (χ1n) is 9.67. The van der Waals surface area contributed by atoms with E-state index in [1.54, 1.807) is 24.3 Å². The van der Waals surface area contributed by atoms with Gasteiger partial charge in [-0.25, -0.2) is 0 Å². The lowest BCUT2D eigenvalue weighted by molar-refractivity contribution is -0.142. The number of benzene rings is 2. The third kappa shape index (κ3) is 6.37. The lowest BCUT2D eigenvalue weighted by Gasteiger charge is -2.31. The fourth-order valence-electron chi connectivity index (χ4n) is 3.00. The van der Waals surface area contributed by atoms with Crippen LogP contribution in [0.5, 0.6) is 5.75 Å². The van der Waals surface area contributed by atoms with Gasteiger partial charge in [-0.05, 0) is 56.2 Å². The number of carbonyl (C=O) groups is 2. The summed E-state index contributed by atoms with van der Waals surface area (Å²) in [5.41, 5.74) is 1.59. The van der Waals surface area contributed by atoms with E-state index in [4.69, 9.17) is 27.9 Å². The molecular formula is C22H25BrCl2N2O3. The molecule has 5 nitrogen and oxygen atoms in total. The van der Waals surface area contributed by atoms with Crippen LogP contribution in [0.3, 0.4) is 0 Å². The van der Waals surface area contributed by atoms with Crippen molar-refractivity contribution in [3.05, 3.63) is 62.0 Å². The van der Waals surface area contributed by atoms with Crippen LogP contribution < -0.4 is 10.1 Å². The smallest absolute Gasteiger partial charge is 0.261 e. The summed E-state index contributed by atoms with van der Waals surface area (Å²) in [4.78, 5) is 27.2. The summed E-state index contributed by atoms with van der Waals surface area (Å²) in [6, 6.07) is 9.97. The Morgan fingerprint density at radius 3 is 2.40 bits per heavy atom. The summed E-state index contributed by atoms with van der Waals surface area (Å²) in [7, 11) is 0. The minimum absolute atomic E-state index is 0.107. The monoisotopic (exact) mass is 514 g/mol. The highest BCUT2D eigenvalue weighted by Gasteiger charge is 2.29. The molecule has 0 radical (unpaired) electrons. The Morgan fingerprint density at radius 2 is 1.83 bits per heavy atom. The summed E-state index contributed by atoms with van der Waals surface area (Å²) in [5.74, 6) is 0.0199. The van der Waals surface area contributed by atoms with Gasteiger partial charge in [0.15, 0.2) is 6.61 Å². The Hall–Kier alpha value is -1.76. The number of amides is 2. The fraction of sp³-hybridized carbons (Fsp3) is 0.364. The number of carbonyl (C=O) groups excluding carboxylic acids is 2. The molecular weight excluding hydrogens is 491 g/mol. The molecule has 2 aromatic carbocycles. The molecule has 2 aromatic rings. The number of nitrogens with zero attached hydrogens (tertiary/aromatic N) is 1. The Balaban J connectivity index is 2.27. The van der Waals surface area contributed by atoms with Crippen LogP contribution >= 0.6 is 39.1 Å². The van der Waals surface area contributed by atoms with Gasteiger partial charge in [-0.1, -0.05) is 52.1 Å². The first-order valence-corrected chi connectivity index (χ1v) is 11.2. The van der Waals surface area contributed by atoms with Crippen LogP contribution in [-0.2, 0) is 16.1 Å². The van der Waals surface area contributed by atoms with Crippen LogP contribution in [0.2, 0.25) is 10.0 Å². The molecule has 0 spiro atoms. The maximum absolute atomic E-state index is 13.1. The topological polar surface area (TPSA) is 58.6 Å². The third-order valence-corrected chi connectivity index (χ3v) is 6.22. The highest BCUT2D eigenvalue weighted by atomic mass is 79.9. The molecule has 2 amide bonds.